The quantitative estimate of drug-likeness (QED) is 0.0386. The van der Waals surface area contributed by atoms with Crippen LogP contribution in [0.25, 0.3) is 0 Å². The van der Waals surface area contributed by atoms with Gasteiger partial charge in [-0.05, 0) is 103 Å². The fourth-order valence-electron chi connectivity index (χ4n) is 8.58. The number of aryl methyl sites for hydroxylation is 4. The van der Waals surface area contributed by atoms with Crippen LogP contribution in [0.5, 0.6) is 0 Å². The number of unbranched alkanes of at least 4 members (excludes halogenated alkanes) is 22. The van der Waals surface area contributed by atoms with Crippen molar-refractivity contribution in [2.24, 2.45) is 0 Å². The summed E-state index contributed by atoms with van der Waals surface area (Å²) in [6.07, 6.45) is 33.4. The van der Waals surface area contributed by atoms with Gasteiger partial charge in [0.15, 0.2) is 6.10 Å². The third-order valence-corrected chi connectivity index (χ3v) is 14.3. The van der Waals surface area contributed by atoms with Crippen molar-refractivity contribution in [2.45, 2.75) is 253 Å². The molecule has 12 heteroatoms. The number of furan rings is 2. The summed E-state index contributed by atoms with van der Waals surface area (Å²) in [7, 11) is -0.735. The number of ether oxygens (including phenoxy) is 2. The summed E-state index contributed by atoms with van der Waals surface area (Å²) in [4.78, 5) is 37.4. The number of likely N-dealkylation sites (N-methyl/N-ethyl adjacent to an activating group) is 1. The zero-order chi connectivity index (χ0) is 49.1. The van der Waals surface area contributed by atoms with Crippen LogP contribution in [0.4, 0.5) is 0 Å². The van der Waals surface area contributed by atoms with Gasteiger partial charge in [0.05, 0.1) is 13.2 Å². The lowest BCUT2D eigenvalue weighted by Crippen LogP contribution is -2.29. The average molecular weight is 964 g/mol. The number of nitrogens with zero attached hydrogens (tertiary/aromatic N) is 1. The molecule has 0 saturated carbocycles. The second-order valence-corrected chi connectivity index (χ2v) is 21.0. The van der Waals surface area contributed by atoms with Crippen molar-refractivity contribution < 1.29 is 46.4 Å². The number of carbonyl (C=O) groups is 2. The van der Waals surface area contributed by atoms with Gasteiger partial charge in [-0.25, -0.2) is 4.57 Å². The van der Waals surface area contributed by atoms with Gasteiger partial charge in [-0.1, -0.05) is 142 Å². The first-order chi connectivity index (χ1) is 32.3. The Kier molecular flexibility index (Phi) is 33.9. The van der Waals surface area contributed by atoms with E-state index in [4.69, 9.17) is 27.4 Å². The van der Waals surface area contributed by atoms with Crippen molar-refractivity contribution in [1.29, 1.82) is 0 Å². The molecule has 0 bridgehead atoms. The third kappa shape index (κ3) is 28.7. The summed E-state index contributed by atoms with van der Waals surface area (Å²) in [5.74, 6) is 3.94. The normalized spacial score (nSPS) is 13.1. The molecule has 2 atom stereocenters. The zero-order valence-electron chi connectivity index (χ0n) is 44.0. The third-order valence-electron chi connectivity index (χ3n) is 13.3. The molecule has 2 rings (SSSR count). The molecule has 0 saturated heterocycles. The lowest BCUT2D eigenvalue weighted by Gasteiger charge is -2.20. The molecule has 11 nitrogen and oxygen atoms in total. The maximum Gasteiger partial charge on any atom is 0.472 e. The molecular formula is C55H98NO10P. The van der Waals surface area contributed by atoms with E-state index in [-0.39, 0.29) is 32.0 Å². The van der Waals surface area contributed by atoms with Crippen LogP contribution in [0.3, 0.4) is 0 Å². The summed E-state index contributed by atoms with van der Waals surface area (Å²) < 4.78 is 46.3. The van der Waals surface area contributed by atoms with Crippen LogP contribution in [-0.2, 0) is 58.4 Å². The molecule has 2 aromatic heterocycles. The molecule has 0 aromatic carbocycles. The minimum Gasteiger partial charge on any atom is -0.466 e. The Hall–Kier alpha value is -2.43. The van der Waals surface area contributed by atoms with E-state index in [0.717, 1.165) is 70.6 Å². The highest BCUT2D eigenvalue weighted by Crippen LogP contribution is 2.43. The van der Waals surface area contributed by atoms with E-state index in [1.807, 2.05) is 19.0 Å². The Morgan fingerprint density at radius 2 is 0.851 bits per heavy atom. The SMILES string of the molecule is CCCCCc1oc(CCCCCCCCCCCCC(=O)OC[C@H](COP(=O)(O)OCCN(C)C)OC(=O)CCCCCCCCCCCCc2oc(CCCCC)c(C)c2C)c(C)c1C. The molecule has 0 radical (unpaired) electrons. The maximum absolute atomic E-state index is 12.8. The van der Waals surface area contributed by atoms with Gasteiger partial charge in [-0.3, -0.25) is 18.6 Å². The van der Waals surface area contributed by atoms with Crippen LogP contribution in [0.2, 0.25) is 0 Å². The first-order valence-corrected chi connectivity index (χ1v) is 28.5. The number of esters is 2. The summed E-state index contributed by atoms with van der Waals surface area (Å²) in [6.45, 7) is 13.1. The molecule has 0 spiro atoms. The van der Waals surface area contributed by atoms with E-state index in [9.17, 15) is 19.0 Å². The van der Waals surface area contributed by atoms with Crippen molar-refractivity contribution >= 4 is 19.8 Å². The van der Waals surface area contributed by atoms with Gasteiger partial charge < -0.3 is 28.1 Å². The zero-order valence-corrected chi connectivity index (χ0v) is 44.9. The summed E-state index contributed by atoms with van der Waals surface area (Å²) in [6, 6.07) is 0. The van der Waals surface area contributed by atoms with Crippen LogP contribution in [0.1, 0.15) is 239 Å². The van der Waals surface area contributed by atoms with Crippen molar-refractivity contribution in [3.05, 3.63) is 45.3 Å². The van der Waals surface area contributed by atoms with Crippen LogP contribution in [0, 0.1) is 27.7 Å². The van der Waals surface area contributed by atoms with Gasteiger partial charge in [0.2, 0.25) is 0 Å². The first-order valence-electron chi connectivity index (χ1n) is 27.0. The smallest absolute Gasteiger partial charge is 0.466 e. The highest BCUT2D eigenvalue weighted by Gasteiger charge is 2.26. The molecule has 0 aliphatic carbocycles. The maximum atomic E-state index is 12.8. The molecule has 1 N–H and O–H groups in total. The van der Waals surface area contributed by atoms with Crippen molar-refractivity contribution in [3.63, 3.8) is 0 Å². The number of hydrogen-bond acceptors (Lipinski definition) is 10. The standard InChI is InChI=1S/C55H98NO10P/c1-9-11-29-35-50-45(3)47(5)52(65-50)37-31-25-21-17-13-15-19-23-27-33-39-54(57)61-43-49(44-63-67(59,60)62-42-41-56(7)8)64-55(58)40-34-28-24-20-16-14-18-22-26-32-38-53-48(6)46(4)51(66-53)36-30-12-10-2/h49H,9-44H2,1-8H3,(H,59,60)/t49-/m1/s1. The Bertz CT molecular complexity index is 1630. The summed E-state index contributed by atoms with van der Waals surface area (Å²) in [5, 5.41) is 0. The molecule has 0 fully saturated rings. The first kappa shape index (κ1) is 60.7. The average Bonchev–Trinajstić information content (AvgIpc) is 3.72. The van der Waals surface area contributed by atoms with Gasteiger partial charge >= 0.3 is 19.8 Å². The predicted molar refractivity (Wildman–Crippen MR) is 273 cm³/mol. The fourth-order valence-corrected chi connectivity index (χ4v) is 9.32. The predicted octanol–water partition coefficient (Wildman–Crippen LogP) is 15.1. The number of carbonyl (C=O) groups excluding carboxylic acids is 2. The van der Waals surface area contributed by atoms with Crippen LogP contribution in [-0.4, -0.2) is 68.3 Å². The Morgan fingerprint density at radius 3 is 1.22 bits per heavy atom. The van der Waals surface area contributed by atoms with E-state index in [1.54, 1.807) is 0 Å². The summed E-state index contributed by atoms with van der Waals surface area (Å²) in [5.41, 5.74) is 5.39. The van der Waals surface area contributed by atoms with E-state index >= 15 is 0 Å². The van der Waals surface area contributed by atoms with Crippen LogP contribution < -0.4 is 0 Å². The van der Waals surface area contributed by atoms with E-state index < -0.39 is 26.5 Å². The number of hydrogen-bond donors (Lipinski definition) is 1. The monoisotopic (exact) mass is 964 g/mol. The Balaban J connectivity index is 1.57. The molecule has 0 aliphatic heterocycles. The summed E-state index contributed by atoms with van der Waals surface area (Å²) >= 11 is 0. The fraction of sp³-hybridized carbons (Fsp3) is 0.818. The Morgan fingerprint density at radius 1 is 0.507 bits per heavy atom. The van der Waals surface area contributed by atoms with Gasteiger partial charge in [-0.2, -0.15) is 0 Å². The Labute approximate surface area is 408 Å². The van der Waals surface area contributed by atoms with Crippen molar-refractivity contribution in [2.75, 3.05) is 40.5 Å². The van der Waals surface area contributed by atoms with Crippen molar-refractivity contribution in [1.82, 2.24) is 4.90 Å². The molecule has 0 aliphatic rings. The molecule has 1 unspecified atom stereocenters. The highest BCUT2D eigenvalue weighted by molar-refractivity contribution is 7.47. The van der Waals surface area contributed by atoms with Gasteiger partial charge in [0, 0.05) is 45.1 Å². The lowest BCUT2D eigenvalue weighted by atomic mass is 10.0. The van der Waals surface area contributed by atoms with Crippen LogP contribution >= 0.6 is 7.82 Å². The van der Waals surface area contributed by atoms with E-state index in [2.05, 4.69) is 41.5 Å². The molecule has 2 heterocycles. The second-order valence-electron chi connectivity index (χ2n) is 19.6. The molecule has 388 valence electrons. The lowest BCUT2D eigenvalue weighted by molar-refractivity contribution is -0.161. The van der Waals surface area contributed by atoms with Gasteiger partial charge in [-0.15, -0.1) is 0 Å². The highest BCUT2D eigenvalue weighted by atomic mass is 31.2. The van der Waals surface area contributed by atoms with Gasteiger partial charge in [0.25, 0.3) is 0 Å². The van der Waals surface area contributed by atoms with Gasteiger partial charge in [0.1, 0.15) is 29.6 Å². The minimum atomic E-state index is -4.39. The number of phosphoric acid groups is 1. The van der Waals surface area contributed by atoms with E-state index in [1.165, 1.54) is 161 Å². The molecular weight excluding hydrogens is 866 g/mol. The van der Waals surface area contributed by atoms with Crippen LogP contribution in [0.15, 0.2) is 8.83 Å². The van der Waals surface area contributed by atoms with E-state index in [0.29, 0.717) is 13.0 Å². The topological polar surface area (TPSA) is 138 Å². The molecule has 0 amide bonds. The number of phosphoric ester groups is 1. The second kappa shape index (κ2) is 37.4. The minimum absolute atomic E-state index is 0.00111. The number of rotatable bonds is 44. The molecule has 2 aromatic rings. The largest absolute Gasteiger partial charge is 0.472 e. The van der Waals surface area contributed by atoms with Crippen molar-refractivity contribution in [3.8, 4) is 0 Å². The molecule has 67 heavy (non-hydrogen) atoms.